The summed E-state index contributed by atoms with van der Waals surface area (Å²) >= 11 is 5.64. The first-order valence-electron chi connectivity index (χ1n) is 8.23. The average Bonchev–Trinajstić information content (AvgIpc) is 3.02. The van der Waals surface area contributed by atoms with Gasteiger partial charge in [0.25, 0.3) is 0 Å². The number of rotatable bonds is 2. The molecule has 3 rings (SSSR count). The van der Waals surface area contributed by atoms with Crippen LogP contribution in [0.4, 0.5) is 5.69 Å². The van der Waals surface area contributed by atoms with Gasteiger partial charge in [0.2, 0.25) is 0 Å². The van der Waals surface area contributed by atoms with Gasteiger partial charge in [-0.05, 0) is 62.2 Å². The molecule has 2 nitrogen and oxygen atoms in total. The Hall–Kier alpha value is -1.87. The predicted octanol–water partition coefficient (Wildman–Crippen LogP) is 4.80. The summed E-state index contributed by atoms with van der Waals surface area (Å²) in [4.78, 5) is 2.29. The zero-order valence-corrected chi connectivity index (χ0v) is 14.9. The second kappa shape index (κ2) is 6.71. The first-order chi connectivity index (χ1) is 11.0. The molecule has 1 atom stereocenters. The van der Waals surface area contributed by atoms with Crippen molar-refractivity contribution in [2.45, 2.75) is 33.1 Å². The standard InChI is InChI=1S/C20H24N2S/c1-14-7-9-17(10-8-14)18-11-12-22(13-18)20(23)21-19-6-4-5-15(2)16(19)3/h4-10,18H,11-13H2,1-3H3,(H,21,23)/t18-/m1/s1. The van der Waals surface area contributed by atoms with Crippen molar-refractivity contribution in [2.75, 3.05) is 18.4 Å². The highest BCUT2D eigenvalue weighted by Gasteiger charge is 2.25. The summed E-state index contributed by atoms with van der Waals surface area (Å²) in [7, 11) is 0. The van der Waals surface area contributed by atoms with E-state index in [1.165, 1.54) is 22.3 Å². The SMILES string of the molecule is Cc1ccc([C@@H]2CCN(C(=S)Nc3cccc(C)c3C)C2)cc1. The van der Waals surface area contributed by atoms with E-state index in [0.717, 1.165) is 30.3 Å². The van der Waals surface area contributed by atoms with Gasteiger partial charge in [0.1, 0.15) is 0 Å². The molecule has 120 valence electrons. The Balaban J connectivity index is 1.65. The van der Waals surface area contributed by atoms with Gasteiger partial charge in [-0.1, -0.05) is 42.0 Å². The van der Waals surface area contributed by atoms with Crippen molar-refractivity contribution in [2.24, 2.45) is 0 Å². The number of hydrogen-bond acceptors (Lipinski definition) is 1. The Bertz CT molecular complexity index is 706. The predicted molar refractivity (Wildman–Crippen MR) is 102 cm³/mol. The number of anilines is 1. The van der Waals surface area contributed by atoms with E-state index in [1.807, 2.05) is 0 Å². The van der Waals surface area contributed by atoms with E-state index >= 15 is 0 Å². The lowest BCUT2D eigenvalue weighted by Crippen LogP contribution is -2.32. The average molecular weight is 324 g/mol. The van der Waals surface area contributed by atoms with Crippen LogP contribution in [-0.4, -0.2) is 23.1 Å². The third-order valence-corrected chi connectivity index (χ3v) is 5.23. The van der Waals surface area contributed by atoms with Crippen LogP contribution in [-0.2, 0) is 0 Å². The van der Waals surface area contributed by atoms with Crippen LogP contribution in [0.3, 0.4) is 0 Å². The molecular weight excluding hydrogens is 300 g/mol. The van der Waals surface area contributed by atoms with Crippen molar-refractivity contribution in [1.29, 1.82) is 0 Å². The number of hydrogen-bond donors (Lipinski definition) is 1. The molecule has 0 unspecified atom stereocenters. The highest BCUT2D eigenvalue weighted by Crippen LogP contribution is 2.28. The van der Waals surface area contributed by atoms with Gasteiger partial charge in [0.05, 0.1) is 0 Å². The van der Waals surface area contributed by atoms with Crippen molar-refractivity contribution in [3.05, 3.63) is 64.7 Å². The molecule has 1 saturated heterocycles. The van der Waals surface area contributed by atoms with Crippen molar-refractivity contribution >= 4 is 23.0 Å². The van der Waals surface area contributed by atoms with E-state index in [1.54, 1.807) is 0 Å². The molecule has 1 aliphatic heterocycles. The second-order valence-corrected chi connectivity index (χ2v) is 6.91. The van der Waals surface area contributed by atoms with E-state index < -0.39 is 0 Å². The first-order valence-corrected chi connectivity index (χ1v) is 8.64. The maximum Gasteiger partial charge on any atom is 0.173 e. The lowest BCUT2D eigenvalue weighted by molar-refractivity contribution is 0.518. The lowest BCUT2D eigenvalue weighted by atomic mass is 9.98. The summed E-state index contributed by atoms with van der Waals surface area (Å²) in [6.45, 7) is 8.43. The minimum absolute atomic E-state index is 0.578. The molecule has 1 aliphatic rings. The first kappa shape index (κ1) is 16.0. The van der Waals surface area contributed by atoms with E-state index in [-0.39, 0.29) is 0 Å². The summed E-state index contributed by atoms with van der Waals surface area (Å²) in [5.41, 5.74) is 6.41. The highest BCUT2D eigenvalue weighted by atomic mass is 32.1. The minimum atomic E-state index is 0.578. The van der Waals surface area contributed by atoms with Crippen LogP contribution in [0.25, 0.3) is 0 Å². The van der Waals surface area contributed by atoms with Gasteiger partial charge in [-0.15, -0.1) is 0 Å². The Morgan fingerprint density at radius 2 is 1.83 bits per heavy atom. The molecule has 0 aromatic heterocycles. The summed E-state index contributed by atoms with van der Waals surface area (Å²) in [5.74, 6) is 0.578. The molecular formula is C20H24N2S. The topological polar surface area (TPSA) is 15.3 Å². The molecule has 0 saturated carbocycles. The molecule has 1 fully saturated rings. The second-order valence-electron chi connectivity index (χ2n) is 6.52. The van der Waals surface area contributed by atoms with Gasteiger partial charge in [-0.25, -0.2) is 0 Å². The van der Waals surface area contributed by atoms with E-state index in [9.17, 15) is 0 Å². The van der Waals surface area contributed by atoms with Crippen LogP contribution in [0.15, 0.2) is 42.5 Å². The van der Waals surface area contributed by atoms with Crippen molar-refractivity contribution < 1.29 is 0 Å². The Morgan fingerprint density at radius 3 is 2.57 bits per heavy atom. The summed E-state index contributed by atoms with van der Waals surface area (Å²) in [5, 5.41) is 4.27. The molecule has 1 heterocycles. The molecule has 0 amide bonds. The third kappa shape index (κ3) is 3.56. The molecule has 3 heteroatoms. The molecule has 23 heavy (non-hydrogen) atoms. The van der Waals surface area contributed by atoms with Crippen LogP contribution >= 0.6 is 12.2 Å². The Kier molecular flexibility index (Phi) is 4.67. The van der Waals surface area contributed by atoms with Gasteiger partial charge in [-0.2, -0.15) is 0 Å². The normalized spacial score (nSPS) is 17.3. The molecule has 0 radical (unpaired) electrons. The molecule has 1 N–H and O–H groups in total. The fourth-order valence-electron chi connectivity index (χ4n) is 3.14. The van der Waals surface area contributed by atoms with Gasteiger partial charge < -0.3 is 10.2 Å². The van der Waals surface area contributed by atoms with Crippen LogP contribution < -0.4 is 5.32 Å². The highest BCUT2D eigenvalue weighted by molar-refractivity contribution is 7.80. The number of nitrogens with one attached hydrogen (secondary N) is 1. The smallest absolute Gasteiger partial charge is 0.173 e. The monoisotopic (exact) mass is 324 g/mol. The van der Waals surface area contributed by atoms with Gasteiger partial charge in [0.15, 0.2) is 5.11 Å². The largest absolute Gasteiger partial charge is 0.348 e. The number of thiocarbonyl (C=S) groups is 1. The molecule has 2 aromatic carbocycles. The Morgan fingerprint density at radius 1 is 1.09 bits per heavy atom. The van der Waals surface area contributed by atoms with Gasteiger partial charge >= 0.3 is 0 Å². The van der Waals surface area contributed by atoms with E-state index in [2.05, 4.69) is 73.5 Å². The fraction of sp³-hybridized carbons (Fsp3) is 0.350. The quantitative estimate of drug-likeness (QED) is 0.799. The zero-order valence-electron chi connectivity index (χ0n) is 14.1. The van der Waals surface area contributed by atoms with Crippen molar-refractivity contribution in [1.82, 2.24) is 4.90 Å². The maximum absolute atomic E-state index is 5.64. The summed E-state index contributed by atoms with van der Waals surface area (Å²) < 4.78 is 0. The lowest BCUT2D eigenvalue weighted by Gasteiger charge is -2.22. The van der Waals surface area contributed by atoms with Crippen molar-refractivity contribution in [3.8, 4) is 0 Å². The van der Waals surface area contributed by atoms with Crippen LogP contribution in [0.5, 0.6) is 0 Å². The summed E-state index contributed by atoms with van der Waals surface area (Å²) in [6, 6.07) is 15.2. The van der Waals surface area contributed by atoms with Gasteiger partial charge in [0, 0.05) is 24.7 Å². The zero-order chi connectivity index (χ0) is 16.4. The number of aryl methyl sites for hydroxylation is 2. The van der Waals surface area contributed by atoms with E-state index in [0.29, 0.717) is 5.92 Å². The summed E-state index contributed by atoms with van der Waals surface area (Å²) in [6.07, 6.45) is 1.16. The Labute approximate surface area is 144 Å². The number of likely N-dealkylation sites (tertiary alicyclic amines) is 1. The molecule has 0 spiro atoms. The molecule has 0 bridgehead atoms. The third-order valence-electron chi connectivity index (χ3n) is 4.87. The van der Waals surface area contributed by atoms with Gasteiger partial charge in [-0.3, -0.25) is 0 Å². The number of nitrogens with zero attached hydrogens (tertiary/aromatic N) is 1. The van der Waals surface area contributed by atoms with Crippen molar-refractivity contribution in [3.63, 3.8) is 0 Å². The molecule has 0 aliphatic carbocycles. The maximum atomic E-state index is 5.64. The van der Waals surface area contributed by atoms with E-state index in [4.69, 9.17) is 12.2 Å². The number of benzene rings is 2. The van der Waals surface area contributed by atoms with Crippen LogP contribution in [0.1, 0.15) is 34.6 Å². The van der Waals surface area contributed by atoms with Crippen LogP contribution in [0, 0.1) is 20.8 Å². The molecule has 2 aromatic rings. The minimum Gasteiger partial charge on any atom is -0.348 e. The van der Waals surface area contributed by atoms with Crippen LogP contribution in [0.2, 0.25) is 0 Å². The fourth-order valence-corrected chi connectivity index (χ4v) is 3.41.